The first kappa shape index (κ1) is 11.8. The van der Waals surface area contributed by atoms with Crippen molar-refractivity contribution in [1.82, 2.24) is 0 Å². The second kappa shape index (κ2) is 4.47. The second-order valence-electron chi connectivity index (χ2n) is 4.49. The highest BCUT2D eigenvalue weighted by atomic mass is 16.5. The summed E-state index contributed by atoms with van der Waals surface area (Å²) in [6.45, 7) is 5.79. The van der Waals surface area contributed by atoms with Crippen LogP contribution < -0.4 is 4.74 Å². The van der Waals surface area contributed by atoms with Crippen LogP contribution in [-0.2, 0) is 10.2 Å². The highest BCUT2D eigenvalue weighted by Crippen LogP contribution is 2.28. The number of benzene rings is 1. The molecule has 2 nitrogen and oxygen atoms in total. The summed E-state index contributed by atoms with van der Waals surface area (Å²) in [6.07, 6.45) is 0.569. The Hall–Kier alpha value is -1.31. The first-order chi connectivity index (χ1) is 6.95. The van der Waals surface area contributed by atoms with Crippen molar-refractivity contribution in [3.8, 4) is 5.75 Å². The van der Waals surface area contributed by atoms with Crippen LogP contribution in [0.1, 0.15) is 32.8 Å². The average molecular weight is 206 g/mol. The molecule has 0 heterocycles. The molecular weight excluding hydrogens is 188 g/mol. The van der Waals surface area contributed by atoms with Gasteiger partial charge in [0, 0.05) is 6.42 Å². The maximum Gasteiger partial charge on any atom is 0.130 e. The summed E-state index contributed by atoms with van der Waals surface area (Å²) < 4.78 is 5.10. The van der Waals surface area contributed by atoms with Crippen LogP contribution in [0.15, 0.2) is 24.3 Å². The lowest BCUT2D eigenvalue weighted by Gasteiger charge is -2.23. The molecule has 0 saturated heterocycles. The predicted molar refractivity (Wildman–Crippen MR) is 61.3 cm³/mol. The maximum absolute atomic E-state index is 11.1. The number of carbonyl (C=O) groups is 1. The van der Waals surface area contributed by atoms with Crippen molar-refractivity contribution in [3.63, 3.8) is 0 Å². The van der Waals surface area contributed by atoms with Crippen LogP contribution in [0.4, 0.5) is 0 Å². The minimum absolute atomic E-state index is 0.0991. The molecule has 82 valence electrons. The van der Waals surface area contributed by atoms with Gasteiger partial charge in [-0.2, -0.15) is 0 Å². The summed E-state index contributed by atoms with van der Waals surface area (Å²) in [5, 5.41) is 0. The molecule has 0 bridgehead atoms. The topological polar surface area (TPSA) is 26.3 Å². The number of methoxy groups -OCH3 is 1. The largest absolute Gasteiger partial charge is 0.497 e. The lowest BCUT2D eigenvalue weighted by molar-refractivity contribution is -0.118. The van der Waals surface area contributed by atoms with Crippen molar-refractivity contribution in [2.75, 3.05) is 7.11 Å². The molecule has 15 heavy (non-hydrogen) atoms. The summed E-state index contributed by atoms with van der Waals surface area (Å²) in [6, 6.07) is 7.89. The number of hydrogen-bond acceptors (Lipinski definition) is 2. The fourth-order valence-electron chi connectivity index (χ4n) is 1.77. The van der Waals surface area contributed by atoms with E-state index in [0.717, 1.165) is 5.75 Å². The Morgan fingerprint density at radius 3 is 2.20 bits per heavy atom. The summed E-state index contributed by atoms with van der Waals surface area (Å²) in [5.41, 5.74) is 1.07. The molecular formula is C13H18O2. The van der Waals surface area contributed by atoms with Crippen LogP contribution in [-0.4, -0.2) is 12.9 Å². The molecule has 0 aliphatic carbocycles. The molecule has 0 atom stereocenters. The van der Waals surface area contributed by atoms with Crippen molar-refractivity contribution >= 4 is 5.78 Å². The fraction of sp³-hybridized carbons (Fsp3) is 0.462. The monoisotopic (exact) mass is 206 g/mol. The van der Waals surface area contributed by atoms with Gasteiger partial charge in [-0.3, -0.25) is 4.79 Å². The van der Waals surface area contributed by atoms with E-state index in [1.807, 2.05) is 24.3 Å². The zero-order chi connectivity index (χ0) is 11.5. The van der Waals surface area contributed by atoms with Crippen LogP contribution in [0, 0.1) is 0 Å². The van der Waals surface area contributed by atoms with Crippen LogP contribution in [0.2, 0.25) is 0 Å². The summed E-state index contributed by atoms with van der Waals surface area (Å²) in [5.74, 6) is 1.06. The number of ether oxygens (including phenoxy) is 1. The van der Waals surface area contributed by atoms with E-state index in [9.17, 15) is 4.79 Å². The smallest absolute Gasteiger partial charge is 0.130 e. The van der Waals surface area contributed by atoms with Gasteiger partial charge in [0.2, 0.25) is 0 Å². The molecule has 0 aliphatic rings. The SMILES string of the molecule is COc1ccc(C(C)(C)CC(C)=O)cc1. The van der Waals surface area contributed by atoms with Gasteiger partial charge in [-0.1, -0.05) is 26.0 Å². The Labute approximate surface area is 91.3 Å². The molecule has 0 spiro atoms. The Balaban J connectivity index is 2.89. The van der Waals surface area contributed by atoms with Crippen molar-refractivity contribution in [2.45, 2.75) is 32.6 Å². The number of hydrogen-bond donors (Lipinski definition) is 0. The van der Waals surface area contributed by atoms with E-state index in [1.165, 1.54) is 5.56 Å². The number of Topliss-reactive ketones (excluding diaryl/α,β-unsaturated/α-hetero) is 1. The summed E-state index contributed by atoms with van der Waals surface area (Å²) >= 11 is 0. The molecule has 0 amide bonds. The quantitative estimate of drug-likeness (QED) is 0.757. The Morgan fingerprint density at radius 2 is 1.80 bits per heavy atom. The van der Waals surface area contributed by atoms with Gasteiger partial charge >= 0.3 is 0 Å². The fourth-order valence-corrected chi connectivity index (χ4v) is 1.77. The van der Waals surface area contributed by atoms with E-state index in [2.05, 4.69) is 13.8 Å². The summed E-state index contributed by atoms with van der Waals surface area (Å²) in [7, 11) is 1.65. The highest BCUT2D eigenvalue weighted by molar-refractivity contribution is 5.77. The Kier molecular flexibility index (Phi) is 3.51. The van der Waals surface area contributed by atoms with Crippen molar-refractivity contribution in [1.29, 1.82) is 0 Å². The third-order valence-corrected chi connectivity index (χ3v) is 2.56. The van der Waals surface area contributed by atoms with E-state index in [4.69, 9.17) is 4.74 Å². The lowest BCUT2D eigenvalue weighted by Crippen LogP contribution is -2.20. The minimum Gasteiger partial charge on any atom is -0.497 e. The van der Waals surface area contributed by atoms with Gasteiger partial charge < -0.3 is 4.74 Å². The highest BCUT2D eigenvalue weighted by Gasteiger charge is 2.22. The maximum atomic E-state index is 11.1. The zero-order valence-electron chi connectivity index (χ0n) is 9.83. The molecule has 2 heteroatoms. The number of carbonyl (C=O) groups excluding carboxylic acids is 1. The molecule has 0 N–H and O–H groups in total. The molecule has 0 aliphatic heterocycles. The van der Waals surface area contributed by atoms with Gasteiger partial charge in [0.05, 0.1) is 7.11 Å². The third-order valence-electron chi connectivity index (χ3n) is 2.56. The molecule has 0 aromatic heterocycles. The van der Waals surface area contributed by atoms with Crippen molar-refractivity contribution in [3.05, 3.63) is 29.8 Å². The van der Waals surface area contributed by atoms with Crippen LogP contribution in [0.25, 0.3) is 0 Å². The predicted octanol–water partition coefficient (Wildman–Crippen LogP) is 2.95. The Bertz CT molecular complexity index is 336. The van der Waals surface area contributed by atoms with Gasteiger partial charge in [0.15, 0.2) is 0 Å². The Morgan fingerprint density at radius 1 is 1.27 bits per heavy atom. The molecule has 0 fully saturated rings. The van der Waals surface area contributed by atoms with Crippen LogP contribution in [0.3, 0.4) is 0 Å². The van der Waals surface area contributed by atoms with Crippen molar-refractivity contribution < 1.29 is 9.53 Å². The van der Waals surface area contributed by atoms with Gasteiger partial charge in [0.25, 0.3) is 0 Å². The first-order valence-electron chi connectivity index (χ1n) is 5.09. The lowest BCUT2D eigenvalue weighted by atomic mass is 9.80. The van der Waals surface area contributed by atoms with E-state index in [-0.39, 0.29) is 11.2 Å². The molecule has 0 saturated carbocycles. The molecule has 0 unspecified atom stereocenters. The first-order valence-corrected chi connectivity index (χ1v) is 5.09. The van der Waals surface area contributed by atoms with Crippen LogP contribution >= 0.6 is 0 Å². The molecule has 1 aromatic carbocycles. The number of ketones is 1. The van der Waals surface area contributed by atoms with E-state index in [0.29, 0.717) is 6.42 Å². The minimum atomic E-state index is -0.0991. The van der Waals surface area contributed by atoms with Crippen molar-refractivity contribution in [2.24, 2.45) is 0 Å². The van der Waals surface area contributed by atoms with Gasteiger partial charge in [0.1, 0.15) is 11.5 Å². The zero-order valence-corrected chi connectivity index (χ0v) is 9.83. The number of rotatable bonds is 4. The van der Waals surface area contributed by atoms with E-state index < -0.39 is 0 Å². The standard InChI is InChI=1S/C13H18O2/c1-10(14)9-13(2,3)11-5-7-12(15-4)8-6-11/h5-8H,9H2,1-4H3. The van der Waals surface area contributed by atoms with Gasteiger partial charge in [-0.25, -0.2) is 0 Å². The second-order valence-corrected chi connectivity index (χ2v) is 4.49. The van der Waals surface area contributed by atoms with Gasteiger partial charge in [-0.15, -0.1) is 0 Å². The van der Waals surface area contributed by atoms with Crippen LogP contribution in [0.5, 0.6) is 5.75 Å². The molecule has 1 rings (SSSR count). The third kappa shape index (κ3) is 3.08. The van der Waals surface area contributed by atoms with Gasteiger partial charge in [-0.05, 0) is 30.0 Å². The average Bonchev–Trinajstić information content (AvgIpc) is 2.16. The summed E-state index contributed by atoms with van der Waals surface area (Å²) in [4.78, 5) is 11.1. The molecule has 0 radical (unpaired) electrons. The van der Waals surface area contributed by atoms with E-state index >= 15 is 0 Å². The molecule has 1 aromatic rings. The normalized spacial score (nSPS) is 11.2. The van der Waals surface area contributed by atoms with E-state index in [1.54, 1.807) is 14.0 Å².